The Hall–Kier alpha value is -1.36. The van der Waals surface area contributed by atoms with Gasteiger partial charge in [0.25, 0.3) is 5.91 Å². The van der Waals surface area contributed by atoms with E-state index in [1.807, 2.05) is 0 Å². The third-order valence-corrected chi connectivity index (χ3v) is 6.13. The molecule has 3 amide bonds. The number of ether oxygens (including phenoxy) is 1. The highest BCUT2D eigenvalue weighted by Gasteiger charge is 2.20. The minimum absolute atomic E-state index is 0.309. The molecule has 0 radical (unpaired) electrons. The Morgan fingerprint density at radius 1 is 1.30 bits per heavy atom. The molecule has 1 aliphatic rings. The number of carbonyl (C=O) groups excluding carboxylic acids is 2. The number of aromatic nitrogens is 1. The van der Waals surface area contributed by atoms with Crippen molar-refractivity contribution in [3.8, 4) is 0 Å². The van der Waals surface area contributed by atoms with Crippen LogP contribution in [0.3, 0.4) is 0 Å². The van der Waals surface area contributed by atoms with Crippen LogP contribution >= 0.6 is 23.3 Å². The van der Waals surface area contributed by atoms with E-state index in [1.54, 1.807) is 0 Å². The molecule has 2 rings (SSSR count). The Morgan fingerprint density at radius 3 is 2.78 bits per heavy atom. The summed E-state index contributed by atoms with van der Waals surface area (Å²) in [6, 6.07) is -0.353. The minimum atomic E-state index is -0.566. The maximum absolute atomic E-state index is 12.1. The Balaban J connectivity index is 1.79. The van der Waals surface area contributed by atoms with E-state index in [4.69, 9.17) is 10.5 Å². The number of nitrogens with two attached hydrogens (primary N) is 1. The predicted molar refractivity (Wildman–Crippen MR) is 110 cm³/mol. The number of urea groups is 1. The molecule has 4 N–H and O–H groups in total. The number of rotatable bonds is 11. The zero-order valence-electron chi connectivity index (χ0n) is 15.8. The number of morpholine rings is 1. The predicted octanol–water partition coefficient (Wildman–Crippen LogP) is 2.37. The monoisotopic (exact) mass is 415 g/mol. The molecule has 0 saturated carbocycles. The summed E-state index contributed by atoms with van der Waals surface area (Å²) in [5.41, 5.74) is 5.82. The third-order valence-electron chi connectivity index (χ3n) is 4.19. The first-order valence-corrected chi connectivity index (χ1v) is 11.1. The minimum Gasteiger partial charge on any atom is -0.379 e. The number of hydrogen-bond acceptors (Lipinski definition) is 7. The van der Waals surface area contributed by atoms with Gasteiger partial charge in [-0.1, -0.05) is 26.2 Å². The van der Waals surface area contributed by atoms with Gasteiger partial charge < -0.3 is 15.8 Å². The lowest BCUT2D eigenvalue weighted by Gasteiger charge is -2.26. The molecule has 1 aromatic rings. The van der Waals surface area contributed by atoms with Gasteiger partial charge in [0.15, 0.2) is 0 Å². The summed E-state index contributed by atoms with van der Waals surface area (Å²) in [6.07, 6.45) is 4.62. The molecular formula is C17H29N5O3S2. The molecule has 0 aliphatic carbocycles. The van der Waals surface area contributed by atoms with Crippen LogP contribution in [0.25, 0.3) is 0 Å². The number of nitrogens with one attached hydrogen (secondary N) is 2. The van der Waals surface area contributed by atoms with Crippen LogP contribution in [-0.2, 0) is 4.74 Å². The molecule has 0 bridgehead atoms. The van der Waals surface area contributed by atoms with E-state index in [1.165, 1.54) is 24.6 Å². The quantitative estimate of drug-likeness (QED) is 0.378. The van der Waals surface area contributed by atoms with Crippen molar-refractivity contribution in [2.24, 2.45) is 5.73 Å². The van der Waals surface area contributed by atoms with E-state index in [9.17, 15) is 9.59 Å². The second-order valence-corrected chi connectivity index (χ2v) is 8.16. The van der Waals surface area contributed by atoms with Crippen molar-refractivity contribution in [1.29, 1.82) is 0 Å². The Morgan fingerprint density at radius 2 is 2.07 bits per heavy atom. The van der Waals surface area contributed by atoms with Crippen LogP contribution in [0, 0.1) is 0 Å². The van der Waals surface area contributed by atoms with E-state index in [2.05, 4.69) is 26.8 Å². The number of thioether (sulfide) groups is 1. The van der Waals surface area contributed by atoms with Gasteiger partial charge in [-0.2, -0.15) is 4.37 Å². The van der Waals surface area contributed by atoms with E-state index in [0.29, 0.717) is 22.1 Å². The topological polar surface area (TPSA) is 110 Å². The van der Waals surface area contributed by atoms with Gasteiger partial charge in [-0.05, 0) is 23.7 Å². The van der Waals surface area contributed by atoms with E-state index < -0.39 is 5.91 Å². The van der Waals surface area contributed by atoms with Crippen molar-refractivity contribution in [3.05, 3.63) is 5.56 Å². The average Bonchev–Trinajstić information content (AvgIpc) is 3.05. The van der Waals surface area contributed by atoms with Gasteiger partial charge >= 0.3 is 6.03 Å². The summed E-state index contributed by atoms with van der Waals surface area (Å²) in [5.74, 6) is 0.318. The van der Waals surface area contributed by atoms with E-state index >= 15 is 0 Å². The van der Waals surface area contributed by atoms with Crippen molar-refractivity contribution in [2.75, 3.05) is 50.5 Å². The molecule has 10 heteroatoms. The van der Waals surface area contributed by atoms with E-state index in [-0.39, 0.29) is 6.03 Å². The van der Waals surface area contributed by atoms with Crippen LogP contribution in [0.5, 0.6) is 0 Å². The van der Waals surface area contributed by atoms with E-state index in [0.717, 1.165) is 63.0 Å². The smallest absolute Gasteiger partial charge is 0.319 e. The summed E-state index contributed by atoms with van der Waals surface area (Å²) in [6.45, 7) is 6.67. The molecule has 1 saturated heterocycles. The van der Waals surface area contributed by atoms with Gasteiger partial charge in [0.1, 0.15) is 15.6 Å². The number of hydrogen-bond donors (Lipinski definition) is 3. The molecule has 2 heterocycles. The molecule has 27 heavy (non-hydrogen) atoms. The molecule has 0 aromatic carbocycles. The first-order valence-electron chi connectivity index (χ1n) is 9.39. The Bertz CT molecular complexity index is 605. The number of unbranched alkanes of at least 4 members (excludes halogenated alkanes) is 3. The zero-order valence-corrected chi connectivity index (χ0v) is 17.4. The lowest BCUT2D eigenvalue weighted by molar-refractivity contribution is 0.0388. The number of nitrogens with zero attached hydrogens (tertiary/aromatic N) is 2. The van der Waals surface area contributed by atoms with Crippen molar-refractivity contribution < 1.29 is 14.3 Å². The number of amides is 3. The summed E-state index contributed by atoms with van der Waals surface area (Å²) in [7, 11) is 0. The molecule has 0 spiro atoms. The molecule has 152 valence electrons. The fourth-order valence-electron chi connectivity index (χ4n) is 2.67. The van der Waals surface area contributed by atoms with Crippen molar-refractivity contribution in [1.82, 2.24) is 14.6 Å². The maximum Gasteiger partial charge on any atom is 0.319 e. The Labute approximate surface area is 168 Å². The second kappa shape index (κ2) is 12.2. The SMILES string of the molecule is CCCCCCSc1nsc(NC(=O)NCCN2CCOCC2)c1C(N)=O. The van der Waals surface area contributed by atoms with Gasteiger partial charge in [-0.3, -0.25) is 15.0 Å². The molecule has 0 atom stereocenters. The van der Waals surface area contributed by atoms with Crippen molar-refractivity contribution in [3.63, 3.8) is 0 Å². The first-order chi connectivity index (χ1) is 13.1. The number of carbonyl (C=O) groups is 2. The summed E-state index contributed by atoms with van der Waals surface area (Å²) < 4.78 is 9.60. The fraction of sp³-hybridized carbons (Fsp3) is 0.706. The largest absolute Gasteiger partial charge is 0.379 e. The molecular weight excluding hydrogens is 386 g/mol. The van der Waals surface area contributed by atoms with Gasteiger partial charge in [0, 0.05) is 26.2 Å². The maximum atomic E-state index is 12.1. The molecule has 8 nitrogen and oxygen atoms in total. The van der Waals surface area contributed by atoms with Gasteiger partial charge in [0.2, 0.25) is 0 Å². The molecule has 0 unspecified atom stereocenters. The third kappa shape index (κ3) is 7.65. The van der Waals surface area contributed by atoms with Crippen LogP contribution < -0.4 is 16.4 Å². The standard InChI is InChI=1S/C17H29N5O3S2/c1-2-3-4-5-12-26-16-13(14(18)23)15(27-21-16)20-17(24)19-6-7-22-8-10-25-11-9-22/h2-12H2,1H3,(H2,18,23)(H2,19,20,24). The molecule has 1 aliphatic heterocycles. The van der Waals surface area contributed by atoms with Gasteiger partial charge in [-0.15, -0.1) is 11.8 Å². The lowest BCUT2D eigenvalue weighted by Crippen LogP contribution is -2.42. The van der Waals surface area contributed by atoms with Crippen LogP contribution in [0.2, 0.25) is 0 Å². The summed E-state index contributed by atoms with van der Waals surface area (Å²) in [4.78, 5) is 26.2. The highest BCUT2D eigenvalue weighted by Crippen LogP contribution is 2.32. The second-order valence-electron chi connectivity index (χ2n) is 6.30. The Kier molecular flexibility index (Phi) is 9.89. The van der Waals surface area contributed by atoms with Crippen LogP contribution in [-0.4, -0.2) is 66.4 Å². The average molecular weight is 416 g/mol. The number of anilines is 1. The normalized spacial score (nSPS) is 14.9. The summed E-state index contributed by atoms with van der Waals surface area (Å²) >= 11 is 2.61. The zero-order chi connectivity index (χ0) is 19.5. The van der Waals surface area contributed by atoms with Crippen LogP contribution in [0.4, 0.5) is 9.80 Å². The molecule has 1 aromatic heterocycles. The highest BCUT2D eigenvalue weighted by atomic mass is 32.2. The summed E-state index contributed by atoms with van der Waals surface area (Å²) in [5, 5.41) is 6.53. The lowest BCUT2D eigenvalue weighted by atomic mass is 10.2. The molecule has 1 fully saturated rings. The van der Waals surface area contributed by atoms with Gasteiger partial charge in [0.05, 0.1) is 13.2 Å². The fourth-order valence-corrected chi connectivity index (χ4v) is 4.64. The first kappa shape index (κ1) is 21.9. The highest BCUT2D eigenvalue weighted by molar-refractivity contribution is 7.99. The van der Waals surface area contributed by atoms with Crippen LogP contribution in [0.1, 0.15) is 43.0 Å². The van der Waals surface area contributed by atoms with Crippen molar-refractivity contribution >= 4 is 40.2 Å². The van der Waals surface area contributed by atoms with Gasteiger partial charge in [-0.25, -0.2) is 4.79 Å². The van der Waals surface area contributed by atoms with Crippen LogP contribution in [0.15, 0.2) is 5.03 Å². The number of primary amides is 1. The van der Waals surface area contributed by atoms with Crippen molar-refractivity contribution in [2.45, 2.75) is 37.6 Å².